The molecule has 0 amide bonds. The van der Waals surface area contributed by atoms with E-state index in [0.717, 1.165) is 12.3 Å². The van der Waals surface area contributed by atoms with Gasteiger partial charge in [0.25, 0.3) is 0 Å². The molecule has 2 heteroatoms. The van der Waals surface area contributed by atoms with Crippen LogP contribution in [0.5, 0.6) is 5.75 Å². The van der Waals surface area contributed by atoms with Crippen molar-refractivity contribution in [3.63, 3.8) is 0 Å². The predicted molar refractivity (Wildman–Crippen MR) is 71.4 cm³/mol. The highest BCUT2D eigenvalue weighted by molar-refractivity contribution is 5.42. The fraction of sp³-hybridized carbons (Fsp3) is 0.600. The van der Waals surface area contributed by atoms with Gasteiger partial charge in [0, 0.05) is 5.56 Å². The van der Waals surface area contributed by atoms with E-state index >= 15 is 0 Å². The summed E-state index contributed by atoms with van der Waals surface area (Å²) in [5.41, 5.74) is 1.16. The number of benzene rings is 1. The predicted octanol–water partition coefficient (Wildman–Crippen LogP) is 3.68. The lowest BCUT2D eigenvalue weighted by atomic mass is 9.94. The first kappa shape index (κ1) is 12.4. The number of hydrogen-bond donors (Lipinski definition) is 1. The molecule has 1 aromatic rings. The van der Waals surface area contributed by atoms with Gasteiger partial charge < -0.3 is 10.1 Å². The molecule has 1 heterocycles. The van der Waals surface area contributed by atoms with Crippen molar-refractivity contribution in [3.05, 3.63) is 29.8 Å². The van der Waals surface area contributed by atoms with Crippen molar-refractivity contribution < 1.29 is 4.74 Å². The minimum atomic E-state index is -0.143. The molecular formula is C15H23NO. The zero-order valence-corrected chi connectivity index (χ0v) is 11.1. The lowest BCUT2D eigenvalue weighted by Gasteiger charge is -2.27. The smallest absolute Gasteiger partial charge is 0.125 e. The minimum absolute atomic E-state index is 0.143. The largest absolute Gasteiger partial charge is 0.486 e. The van der Waals surface area contributed by atoms with Crippen LogP contribution in [0.1, 0.15) is 51.6 Å². The van der Waals surface area contributed by atoms with E-state index in [-0.39, 0.29) is 5.60 Å². The standard InChI is InChI=1S/C15H23NO/c1-4-5-8-11-16-14-12-9-6-7-10-13(12)17-15(14,2)3/h6-7,9-10,14,16H,4-5,8,11H2,1-3H3. The summed E-state index contributed by atoms with van der Waals surface area (Å²) in [5.74, 6) is 1.03. The summed E-state index contributed by atoms with van der Waals surface area (Å²) in [5, 5.41) is 3.64. The Morgan fingerprint density at radius 3 is 2.76 bits per heavy atom. The Labute approximate surface area is 104 Å². The van der Waals surface area contributed by atoms with Gasteiger partial charge in [0.2, 0.25) is 0 Å². The Bertz CT molecular complexity index is 373. The molecule has 1 aliphatic heterocycles. The van der Waals surface area contributed by atoms with Crippen LogP contribution in [0.15, 0.2) is 24.3 Å². The zero-order valence-electron chi connectivity index (χ0n) is 11.1. The second-order valence-electron chi connectivity index (χ2n) is 5.34. The van der Waals surface area contributed by atoms with Crippen LogP contribution in [0.2, 0.25) is 0 Å². The van der Waals surface area contributed by atoms with E-state index in [1.165, 1.54) is 24.8 Å². The molecule has 2 rings (SSSR count). The second-order valence-corrected chi connectivity index (χ2v) is 5.34. The third kappa shape index (κ3) is 2.63. The van der Waals surface area contributed by atoms with Crippen LogP contribution in [-0.4, -0.2) is 12.1 Å². The summed E-state index contributed by atoms with van der Waals surface area (Å²) >= 11 is 0. The maximum atomic E-state index is 6.00. The van der Waals surface area contributed by atoms with Crippen LogP contribution in [0.3, 0.4) is 0 Å². The molecule has 1 aliphatic rings. The molecule has 1 atom stereocenters. The van der Waals surface area contributed by atoms with Gasteiger partial charge in [-0.1, -0.05) is 38.0 Å². The third-order valence-electron chi connectivity index (χ3n) is 3.43. The SMILES string of the molecule is CCCCCNC1c2ccccc2OC1(C)C. The molecule has 94 valence electrons. The van der Waals surface area contributed by atoms with Crippen LogP contribution < -0.4 is 10.1 Å². The molecule has 1 aromatic carbocycles. The third-order valence-corrected chi connectivity index (χ3v) is 3.43. The Kier molecular flexibility index (Phi) is 3.72. The Morgan fingerprint density at radius 1 is 1.24 bits per heavy atom. The monoisotopic (exact) mass is 233 g/mol. The van der Waals surface area contributed by atoms with Crippen LogP contribution in [0, 0.1) is 0 Å². The lowest BCUT2D eigenvalue weighted by molar-refractivity contribution is 0.0964. The molecule has 0 fully saturated rings. The Balaban J connectivity index is 2.04. The molecule has 0 aliphatic carbocycles. The molecule has 1 unspecified atom stereocenters. The van der Waals surface area contributed by atoms with Crippen molar-refractivity contribution in [1.82, 2.24) is 5.32 Å². The highest BCUT2D eigenvalue weighted by atomic mass is 16.5. The summed E-state index contributed by atoms with van der Waals surface area (Å²) in [4.78, 5) is 0. The van der Waals surface area contributed by atoms with Gasteiger partial charge in [0.05, 0.1) is 6.04 Å². The van der Waals surface area contributed by atoms with E-state index < -0.39 is 0 Å². The van der Waals surface area contributed by atoms with Crippen LogP contribution in [0.25, 0.3) is 0 Å². The van der Waals surface area contributed by atoms with Gasteiger partial charge in [-0.25, -0.2) is 0 Å². The molecule has 0 saturated heterocycles. The number of nitrogens with one attached hydrogen (secondary N) is 1. The van der Waals surface area contributed by atoms with Crippen LogP contribution >= 0.6 is 0 Å². The molecule has 1 N–H and O–H groups in total. The van der Waals surface area contributed by atoms with Gasteiger partial charge in [-0.2, -0.15) is 0 Å². The molecule has 0 saturated carbocycles. The Morgan fingerprint density at radius 2 is 2.00 bits per heavy atom. The number of para-hydroxylation sites is 1. The van der Waals surface area contributed by atoms with E-state index in [9.17, 15) is 0 Å². The lowest BCUT2D eigenvalue weighted by Crippen LogP contribution is -2.39. The van der Waals surface area contributed by atoms with E-state index in [1.807, 2.05) is 6.07 Å². The zero-order chi connectivity index (χ0) is 12.3. The summed E-state index contributed by atoms with van der Waals surface area (Å²) < 4.78 is 6.00. The summed E-state index contributed by atoms with van der Waals surface area (Å²) in [6.45, 7) is 7.62. The van der Waals surface area contributed by atoms with Gasteiger partial charge in [0.1, 0.15) is 11.4 Å². The van der Waals surface area contributed by atoms with E-state index in [2.05, 4.69) is 44.3 Å². The fourth-order valence-corrected chi connectivity index (χ4v) is 2.51. The van der Waals surface area contributed by atoms with Gasteiger partial charge in [-0.05, 0) is 32.9 Å². The number of rotatable bonds is 5. The van der Waals surface area contributed by atoms with Gasteiger partial charge >= 0.3 is 0 Å². The number of unbranched alkanes of at least 4 members (excludes halogenated alkanes) is 2. The Hall–Kier alpha value is -1.02. The van der Waals surface area contributed by atoms with E-state index in [1.54, 1.807) is 0 Å². The fourth-order valence-electron chi connectivity index (χ4n) is 2.51. The van der Waals surface area contributed by atoms with Gasteiger partial charge in [0.15, 0.2) is 0 Å². The normalized spacial score (nSPS) is 21.0. The van der Waals surface area contributed by atoms with Gasteiger partial charge in [-0.15, -0.1) is 0 Å². The van der Waals surface area contributed by atoms with E-state index in [4.69, 9.17) is 4.74 Å². The molecule has 17 heavy (non-hydrogen) atoms. The van der Waals surface area contributed by atoms with Gasteiger partial charge in [-0.3, -0.25) is 0 Å². The number of ether oxygens (including phenoxy) is 1. The maximum absolute atomic E-state index is 6.00. The molecule has 2 nitrogen and oxygen atoms in total. The topological polar surface area (TPSA) is 21.3 Å². The van der Waals surface area contributed by atoms with E-state index in [0.29, 0.717) is 6.04 Å². The highest BCUT2D eigenvalue weighted by Gasteiger charge is 2.40. The molecule has 0 radical (unpaired) electrons. The van der Waals surface area contributed by atoms with Crippen molar-refractivity contribution in [1.29, 1.82) is 0 Å². The number of fused-ring (bicyclic) bond motifs is 1. The minimum Gasteiger partial charge on any atom is -0.486 e. The first-order chi connectivity index (χ1) is 8.15. The summed E-state index contributed by atoms with van der Waals surface area (Å²) in [6.07, 6.45) is 3.80. The number of hydrogen-bond acceptors (Lipinski definition) is 2. The van der Waals surface area contributed by atoms with Crippen LogP contribution in [-0.2, 0) is 0 Å². The molecule has 0 bridgehead atoms. The first-order valence-corrected chi connectivity index (χ1v) is 6.66. The summed E-state index contributed by atoms with van der Waals surface area (Å²) in [7, 11) is 0. The molecule has 0 spiro atoms. The second kappa shape index (κ2) is 5.09. The molecular weight excluding hydrogens is 210 g/mol. The van der Waals surface area contributed by atoms with Crippen molar-refractivity contribution >= 4 is 0 Å². The quantitative estimate of drug-likeness (QED) is 0.783. The maximum Gasteiger partial charge on any atom is 0.125 e. The average Bonchev–Trinajstić information content (AvgIpc) is 2.55. The van der Waals surface area contributed by atoms with Crippen molar-refractivity contribution in [2.24, 2.45) is 0 Å². The summed E-state index contributed by atoms with van der Waals surface area (Å²) in [6, 6.07) is 8.67. The average molecular weight is 233 g/mol. The van der Waals surface area contributed by atoms with Crippen LogP contribution in [0.4, 0.5) is 0 Å². The molecule has 0 aromatic heterocycles. The first-order valence-electron chi connectivity index (χ1n) is 6.66. The van der Waals surface area contributed by atoms with Crippen molar-refractivity contribution in [2.75, 3.05) is 6.54 Å². The highest BCUT2D eigenvalue weighted by Crippen LogP contribution is 2.42. The van der Waals surface area contributed by atoms with Crippen molar-refractivity contribution in [3.8, 4) is 5.75 Å². The van der Waals surface area contributed by atoms with Crippen molar-refractivity contribution in [2.45, 2.75) is 51.7 Å².